The Labute approximate surface area is 134 Å². The molecule has 1 atom stereocenters. The molecule has 3 nitrogen and oxygen atoms in total. The van der Waals surface area contributed by atoms with Gasteiger partial charge in [-0.2, -0.15) is 0 Å². The molecule has 0 aliphatic carbocycles. The lowest BCUT2D eigenvalue weighted by molar-refractivity contribution is 0.399. The quantitative estimate of drug-likeness (QED) is 0.847. The fourth-order valence-corrected chi connectivity index (χ4v) is 2.82. The molecule has 1 heterocycles. The Kier molecular flexibility index (Phi) is 5.76. The number of pyridine rings is 1. The highest BCUT2D eigenvalue weighted by molar-refractivity contribution is 9.10. The van der Waals surface area contributed by atoms with Crippen molar-refractivity contribution < 1.29 is 4.74 Å². The number of aryl methyl sites for hydroxylation is 1. The van der Waals surface area contributed by atoms with Crippen molar-refractivity contribution in [2.75, 3.05) is 13.7 Å². The van der Waals surface area contributed by atoms with Crippen LogP contribution < -0.4 is 10.1 Å². The summed E-state index contributed by atoms with van der Waals surface area (Å²) in [6.07, 6.45) is 2.87. The molecule has 0 fully saturated rings. The number of halogens is 1. The molecule has 0 radical (unpaired) electrons. The number of ether oxygens (including phenoxy) is 1. The number of hydrogen-bond donors (Lipinski definition) is 1. The number of nitrogens with one attached hydrogen (secondary N) is 1. The Bertz CT molecular complexity index is 601. The molecule has 0 bridgehead atoms. The van der Waals surface area contributed by atoms with Crippen molar-refractivity contribution in [3.05, 3.63) is 57.8 Å². The van der Waals surface area contributed by atoms with E-state index in [1.165, 1.54) is 11.1 Å². The normalized spacial score (nSPS) is 12.2. The fourth-order valence-electron chi connectivity index (χ4n) is 2.33. The van der Waals surface area contributed by atoms with Gasteiger partial charge in [0.05, 0.1) is 13.2 Å². The number of hydrogen-bond acceptors (Lipinski definition) is 3. The number of methoxy groups -OCH3 is 1. The third-order valence-corrected chi connectivity index (χ3v) is 4.51. The summed E-state index contributed by atoms with van der Waals surface area (Å²) in [6.45, 7) is 5.18. The molecule has 1 N–H and O–H groups in total. The zero-order valence-electron chi connectivity index (χ0n) is 12.7. The van der Waals surface area contributed by atoms with Crippen molar-refractivity contribution in [2.45, 2.75) is 26.3 Å². The van der Waals surface area contributed by atoms with Gasteiger partial charge in [0.25, 0.3) is 0 Å². The van der Waals surface area contributed by atoms with Gasteiger partial charge in [0.1, 0.15) is 11.4 Å². The minimum atomic E-state index is 0.00961. The zero-order chi connectivity index (χ0) is 15.2. The van der Waals surface area contributed by atoms with E-state index in [2.05, 4.69) is 58.3 Å². The summed E-state index contributed by atoms with van der Waals surface area (Å²) in [7, 11) is 1.68. The molecule has 112 valence electrons. The van der Waals surface area contributed by atoms with E-state index >= 15 is 0 Å². The Hall–Kier alpha value is -1.39. The van der Waals surface area contributed by atoms with Gasteiger partial charge in [0, 0.05) is 10.7 Å². The molecule has 0 saturated carbocycles. The van der Waals surface area contributed by atoms with Crippen LogP contribution in [0, 0.1) is 6.92 Å². The molecule has 1 aromatic heterocycles. The molecule has 0 spiro atoms. The van der Waals surface area contributed by atoms with Gasteiger partial charge in [-0.15, -0.1) is 0 Å². The molecule has 1 unspecified atom stereocenters. The second-order valence-electron chi connectivity index (χ2n) is 4.96. The number of nitrogens with zero attached hydrogens (tertiary/aromatic N) is 1. The highest BCUT2D eigenvalue weighted by Gasteiger charge is 2.21. The molecule has 4 heteroatoms. The molecule has 0 amide bonds. The second kappa shape index (κ2) is 7.57. The Morgan fingerprint density at radius 3 is 2.81 bits per heavy atom. The van der Waals surface area contributed by atoms with Crippen LogP contribution >= 0.6 is 15.9 Å². The van der Waals surface area contributed by atoms with Crippen molar-refractivity contribution >= 4 is 15.9 Å². The summed E-state index contributed by atoms with van der Waals surface area (Å²) in [6, 6.07) is 10.1. The van der Waals surface area contributed by atoms with Crippen LogP contribution in [0.15, 0.2) is 41.0 Å². The first-order valence-electron chi connectivity index (χ1n) is 7.16. The molecular formula is C17H21BrN2O. The maximum Gasteiger partial charge on any atom is 0.142 e. The van der Waals surface area contributed by atoms with Crippen LogP contribution in [-0.4, -0.2) is 18.6 Å². The van der Waals surface area contributed by atoms with Crippen molar-refractivity contribution in [1.29, 1.82) is 0 Å². The van der Waals surface area contributed by atoms with Crippen molar-refractivity contribution in [3.63, 3.8) is 0 Å². The van der Waals surface area contributed by atoms with Gasteiger partial charge in [0.15, 0.2) is 0 Å². The van der Waals surface area contributed by atoms with Crippen LogP contribution in [-0.2, 0) is 0 Å². The summed E-state index contributed by atoms with van der Waals surface area (Å²) < 4.78 is 6.60. The van der Waals surface area contributed by atoms with Gasteiger partial charge < -0.3 is 10.1 Å². The second-order valence-corrected chi connectivity index (χ2v) is 5.75. The summed E-state index contributed by atoms with van der Waals surface area (Å²) in [4.78, 5) is 4.54. The van der Waals surface area contributed by atoms with Crippen molar-refractivity contribution in [1.82, 2.24) is 10.3 Å². The van der Waals surface area contributed by atoms with E-state index in [-0.39, 0.29) is 6.04 Å². The third-order valence-electron chi connectivity index (χ3n) is 3.42. The highest BCUT2D eigenvalue weighted by atomic mass is 79.9. The highest BCUT2D eigenvalue weighted by Crippen LogP contribution is 2.33. The predicted molar refractivity (Wildman–Crippen MR) is 89.8 cm³/mol. The van der Waals surface area contributed by atoms with E-state index in [1.54, 1.807) is 7.11 Å². The summed E-state index contributed by atoms with van der Waals surface area (Å²) in [5.41, 5.74) is 3.31. The largest absolute Gasteiger partial charge is 0.495 e. The average Bonchev–Trinajstić information content (AvgIpc) is 2.52. The summed E-state index contributed by atoms with van der Waals surface area (Å²) in [5, 5.41) is 3.57. The zero-order valence-corrected chi connectivity index (χ0v) is 14.3. The maximum absolute atomic E-state index is 5.48. The molecule has 0 aliphatic rings. The number of rotatable bonds is 6. The van der Waals surface area contributed by atoms with Crippen LogP contribution in [0.1, 0.15) is 36.2 Å². The van der Waals surface area contributed by atoms with E-state index in [1.807, 2.05) is 18.3 Å². The van der Waals surface area contributed by atoms with Crippen LogP contribution in [0.5, 0.6) is 5.75 Å². The Morgan fingerprint density at radius 1 is 1.29 bits per heavy atom. The molecular weight excluding hydrogens is 328 g/mol. The van der Waals surface area contributed by atoms with Crippen LogP contribution in [0.2, 0.25) is 0 Å². The Balaban J connectivity index is 2.50. The molecule has 2 aromatic rings. The van der Waals surface area contributed by atoms with Crippen LogP contribution in [0.25, 0.3) is 0 Å². The van der Waals surface area contributed by atoms with Gasteiger partial charge in [-0.05, 0) is 43.1 Å². The SMILES string of the molecule is CCCNC(c1cccc(C)c1Br)c1ncccc1OC. The smallest absolute Gasteiger partial charge is 0.142 e. The van der Waals surface area contributed by atoms with E-state index in [9.17, 15) is 0 Å². The number of benzene rings is 1. The molecule has 0 saturated heterocycles. The van der Waals surface area contributed by atoms with Crippen molar-refractivity contribution in [3.8, 4) is 5.75 Å². The fraction of sp³-hybridized carbons (Fsp3) is 0.353. The monoisotopic (exact) mass is 348 g/mol. The standard InChI is InChI=1S/C17H21BrN2O/c1-4-10-19-16(13-8-5-7-12(2)15(13)18)17-14(21-3)9-6-11-20-17/h5-9,11,16,19H,4,10H2,1-3H3. The first kappa shape index (κ1) is 16.0. The lowest BCUT2D eigenvalue weighted by Gasteiger charge is -2.22. The average molecular weight is 349 g/mol. The van der Waals surface area contributed by atoms with E-state index in [0.29, 0.717) is 0 Å². The van der Waals surface area contributed by atoms with Crippen LogP contribution in [0.3, 0.4) is 0 Å². The van der Waals surface area contributed by atoms with E-state index in [0.717, 1.165) is 28.9 Å². The summed E-state index contributed by atoms with van der Waals surface area (Å²) in [5.74, 6) is 0.805. The molecule has 21 heavy (non-hydrogen) atoms. The van der Waals surface area contributed by atoms with E-state index < -0.39 is 0 Å². The van der Waals surface area contributed by atoms with Crippen LogP contribution in [0.4, 0.5) is 0 Å². The lowest BCUT2D eigenvalue weighted by Crippen LogP contribution is -2.25. The summed E-state index contributed by atoms with van der Waals surface area (Å²) >= 11 is 3.71. The van der Waals surface area contributed by atoms with Gasteiger partial charge in [-0.25, -0.2) is 0 Å². The topological polar surface area (TPSA) is 34.2 Å². The lowest BCUT2D eigenvalue weighted by atomic mass is 10.00. The minimum Gasteiger partial charge on any atom is -0.495 e. The van der Waals surface area contributed by atoms with Gasteiger partial charge in [-0.3, -0.25) is 4.98 Å². The molecule has 0 aliphatic heterocycles. The van der Waals surface area contributed by atoms with E-state index in [4.69, 9.17) is 4.74 Å². The maximum atomic E-state index is 5.48. The number of aromatic nitrogens is 1. The first-order chi connectivity index (χ1) is 10.2. The molecule has 2 rings (SSSR count). The van der Waals surface area contributed by atoms with Gasteiger partial charge in [0.2, 0.25) is 0 Å². The Morgan fingerprint density at radius 2 is 2.10 bits per heavy atom. The van der Waals surface area contributed by atoms with Gasteiger partial charge in [-0.1, -0.05) is 41.1 Å². The minimum absolute atomic E-state index is 0.00961. The first-order valence-corrected chi connectivity index (χ1v) is 7.95. The van der Waals surface area contributed by atoms with Gasteiger partial charge >= 0.3 is 0 Å². The predicted octanol–water partition coefficient (Wildman–Crippen LogP) is 4.25. The third kappa shape index (κ3) is 3.63. The van der Waals surface area contributed by atoms with Crippen molar-refractivity contribution in [2.24, 2.45) is 0 Å². The molecule has 1 aromatic carbocycles.